The molecule has 0 bridgehead atoms. The van der Waals surface area contributed by atoms with E-state index in [9.17, 15) is 9.59 Å². The van der Waals surface area contributed by atoms with E-state index in [4.69, 9.17) is 4.52 Å². The van der Waals surface area contributed by atoms with E-state index in [-0.39, 0.29) is 24.2 Å². The molecule has 1 aromatic heterocycles. The molecular formula is C18H21N3O3. The molecule has 0 saturated carbocycles. The van der Waals surface area contributed by atoms with Gasteiger partial charge in [-0.2, -0.15) is 0 Å². The Hall–Kier alpha value is -2.63. The van der Waals surface area contributed by atoms with Gasteiger partial charge in [-0.3, -0.25) is 9.59 Å². The summed E-state index contributed by atoms with van der Waals surface area (Å²) in [4.78, 5) is 28.2. The first-order chi connectivity index (χ1) is 11.4. The van der Waals surface area contributed by atoms with E-state index < -0.39 is 0 Å². The van der Waals surface area contributed by atoms with Crippen LogP contribution >= 0.6 is 0 Å². The molecule has 2 amide bonds. The molecule has 2 aromatic rings. The third kappa shape index (κ3) is 3.32. The lowest BCUT2D eigenvalue weighted by atomic mass is 10.1. The molecule has 0 unspecified atom stereocenters. The summed E-state index contributed by atoms with van der Waals surface area (Å²) in [6, 6.07) is 9.58. The predicted molar refractivity (Wildman–Crippen MR) is 89.4 cm³/mol. The predicted octanol–water partition coefficient (Wildman–Crippen LogP) is 2.30. The second-order valence-corrected chi connectivity index (χ2v) is 6.36. The first-order valence-electron chi connectivity index (χ1n) is 7.98. The van der Waals surface area contributed by atoms with Crippen LogP contribution in [0.25, 0.3) is 0 Å². The van der Waals surface area contributed by atoms with E-state index in [2.05, 4.69) is 5.16 Å². The van der Waals surface area contributed by atoms with Gasteiger partial charge in [-0.15, -0.1) is 0 Å². The van der Waals surface area contributed by atoms with Gasteiger partial charge in [-0.25, -0.2) is 0 Å². The SMILES string of the molecule is Cc1ccc(N2C[C@H](C(=O)N(C)Cc3cc(C)on3)CC2=O)cc1. The second kappa shape index (κ2) is 6.47. The van der Waals surface area contributed by atoms with Gasteiger partial charge in [0.1, 0.15) is 11.5 Å². The zero-order valence-corrected chi connectivity index (χ0v) is 14.2. The van der Waals surface area contributed by atoms with Crippen LogP contribution in [0.15, 0.2) is 34.9 Å². The Bertz CT molecular complexity index is 751. The number of benzene rings is 1. The van der Waals surface area contributed by atoms with Crippen molar-refractivity contribution in [2.24, 2.45) is 5.92 Å². The van der Waals surface area contributed by atoms with Gasteiger partial charge < -0.3 is 14.3 Å². The zero-order chi connectivity index (χ0) is 17.3. The number of carbonyl (C=O) groups excluding carboxylic acids is 2. The van der Waals surface area contributed by atoms with Crippen molar-refractivity contribution in [1.29, 1.82) is 0 Å². The van der Waals surface area contributed by atoms with E-state index in [0.29, 0.717) is 24.5 Å². The van der Waals surface area contributed by atoms with Crippen LogP contribution < -0.4 is 4.90 Å². The smallest absolute Gasteiger partial charge is 0.228 e. The monoisotopic (exact) mass is 327 g/mol. The van der Waals surface area contributed by atoms with E-state index in [1.807, 2.05) is 44.2 Å². The Balaban J connectivity index is 1.66. The number of amides is 2. The van der Waals surface area contributed by atoms with Gasteiger partial charge in [0.05, 0.1) is 12.5 Å². The van der Waals surface area contributed by atoms with Crippen LogP contribution in [0.1, 0.15) is 23.4 Å². The summed E-state index contributed by atoms with van der Waals surface area (Å²) >= 11 is 0. The molecule has 6 heteroatoms. The van der Waals surface area contributed by atoms with Crippen LogP contribution in [-0.2, 0) is 16.1 Å². The molecule has 0 spiro atoms. The van der Waals surface area contributed by atoms with Crippen molar-refractivity contribution in [3.05, 3.63) is 47.3 Å². The van der Waals surface area contributed by atoms with Crippen LogP contribution in [-0.4, -0.2) is 35.5 Å². The third-order valence-electron chi connectivity index (χ3n) is 4.27. The molecule has 1 atom stereocenters. The maximum atomic E-state index is 12.6. The Morgan fingerprint density at radius 3 is 2.67 bits per heavy atom. The van der Waals surface area contributed by atoms with Crippen molar-refractivity contribution in [3.8, 4) is 0 Å². The van der Waals surface area contributed by atoms with Crippen molar-refractivity contribution in [2.75, 3.05) is 18.5 Å². The van der Waals surface area contributed by atoms with Gasteiger partial charge in [0.2, 0.25) is 11.8 Å². The van der Waals surface area contributed by atoms with Crippen LogP contribution in [0.2, 0.25) is 0 Å². The Morgan fingerprint density at radius 2 is 2.04 bits per heavy atom. The molecule has 1 saturated heterocycles. The van der Waals surface area contributed by atoms with E-state index in [1.54, 1.807) is 16.8 Å². The van der Waals surface area contributed by atoms with E-state index in [0.717, 1.165) is 11.3 Å². The van der Waals surface area contributed by atoms with Crippen LogP contribution in [0.3, 0.4) is 0 Å². The molecule has 6 nitrogen and oxygen atoms in total. The van der Waals surface area contributed by atoms with Crippen molar-refractivity contribution in [1.82, 2.24) is 10.1 Å². The lowest BCUT2D eigenvalue weighted by Gasteiger charge is -2.20. The quantitative estimate of drug-likeness (QED) is 0.864. The summed E-state index contributed by atoms with van der Waals surface area (Å²) in [5, 5.41) is 3.90. The minimum absolute atomic E-state index is 0.0112. The number of hydrogen-bond donors (Lipinski definition) is 0. The summed E-state index contributed by atoms with van der Waals surface area (Å²) < 4.78 is 5.02. The molecule has 0 N–H and O–H groups in total. The van der Waals surface area contributed by atoms with E-state index in [1.165, 1.54) is 0 Å². The van der Waals surface area contributed by atoms with Crippen molar-refractivity contribution >= 4 is 17.5 Å². The largest absolute Gasteiger partial charge is 0.361 e. The number of anilines is 1. The number of hydrogen-bond acceptors (Lipinski definition) is 4. The minimum Gasteiger partial charge on any atom is -0.361 e. The first-order valence-corrected chi connectivity index (χ1v) is 7.98. The van der Waals surface area contributed by atoms with E-state index >= 15 is 0 Å². The number of aromatic nitrogens is 1. The highest BCUT2D eigenvalue weighted by molar-refractivity contribution is 6.00. The molecule has 1 aliphatic rings. The fourth-order valence-corrected chi connectivity index (χ4v) is 2.97. The Kier molecular flexibility index (Phi) is 4.38. The maximum absolute atomic E-state index is 12.6. The standard InChI is InChI=1S/C18H21N3O3/c1-12-4-6-16(7-5-12)21-10-14(9-17(21)22)18(23)20(3)11-15-8-13(2)24-19-15/h4-8,14H,9-11H2,1-3H3/t14-/m1/s1. The average Bonchev–Trinajstić information content (AvgIpc) is 3.13. The molecule has 3 rings (SSSR count). The highest BCUT2D eigenvalue weighted by Crippen LogP contribution is 2.26. The molecular weight excluding hydrogens is 306 g/mol. The molecule has 0 radical (unpaired) electrons. The normalized spacial score (nSPS) is 17.4. The van der Waals surface area contributed by atoms with Crippen molar-refractivity contribution in [3.63, 3.8) is 0 Å². The van der Waals surface area contributed by atoms with Crippen LogP contribution in [0.5, 0.6) is 0 Å². The topological polar surface area (TPSA) is 66.7 Å². The number of rotatable bonds is 4. The molecule has 0 aliphatic carbocycles. The van der Waals surface area contributed by atoms with Gasteiger partial charge >= 0.3 is 0 Å². The Morgan fingerprint density at radius 1 is 1.33 bits per heavy atom. The molecule has 24 heavy (non-hydrogen) atoms. The van der Waals surface area contributed by atoms with Gasteiger partial charge in [0.15, 0.2) is 0 Å². The molecule has 126 valence electrons. The van der Waals surface area contributed by atoms with Crippen molar-refractivity contribution < 1.29 is 14.1 Å². The number of carbonyl (C=O) groups is 2. The lowest BCUT2D eigenvalue weighted by molar-refractivity contribution is -0.135. The molecule has 1 fully saturated rings. The summed E-state index contributed by atoms with van der Waals surface area (Å²) in [6.45, 7) is 4.62. The van der Waals surface area contributed by atoms with Gasteiger partial charge in [-0.05, 0) is 26.0 Å². The third-order valence-corrected chi connectivity index (χ3v) is 4.27. The first kappa shape index (κ1) is 16.2. The zero-order valence-electron chi connectivity index (χ0n) is 14.2. The number of nitrogens with zero attached hydrogens (tertiary/aromatic N) is 3. The van der Waals surface area contributed by atoms with Gasteiger partial charge in [0, 0.05) is 31.8 Å². The molecule has 1 aliphatic heterocycles. The van der Waals surface area contributed by atoms with Crippen LogP contribution in [0, 0.1) is 19.8 Å². The maximum Gasteiger partial charge on any atom is 0.228 e. The highest BCUT2D eigenvalue weighted by Gasteiger charge is 2.36. The summed E-state index contributed by atoms with van der Waals surface area (Å²) in [7, 11) is 1.73. The molecule has 1 aromatic carbocycles. The molecule has 2 heterocycles. The summed E-state index contributed by atoms with van der Waals surface area (Å²) in [5.41, 5.74) is 2.69. The highest BCUT2D eigenvalue weighted by atomic mass is 16.5. The van der Waals surface area contributed by atoms with Gasteiger partial charge in [0.25, 0.3) is 0 Å². The van der Waals surface area contributed by atoms with Crippen molar-refractivity contribution in [2.45, 2.75) is 26.8 Å². The fourth-order valence-electron chi connectivity index (χ4n) is 2.97. The van der Waals surface area contributed by atoms with Gasteiger partial charge in [-0.1, -0.05) is 22.9 Å². The Labute approximate surface area is 141 Å². The average molecular weight is 327 g/mol. The summed E-state index contributed by atoms with van der Waals surface area (Å²) in [5.74, 6) is 0.339. The second-order valence-electron chi connectivity index (χ2n) is 6.36. The lowest BCUT2D eigenvalue weighted by Crippen LogP contribution is -2.34. The minimum atomic E-state index is -0.322. The van der Waals surface area contributed by atoms with Crippen LogP contribution in [0.4, 0.5) is 5.69 Å². The number of aryl methyl sites for hydroxylation is 2. The summed E-state index contributed by atoms with van der Waals surface area (Å²) in [6.07, 6.45) is 0.245. The fraction of sp³-hybridized carbons (Fsp3) is 0.389.